The third kappa shape index (κ3) is 2.32. The van der Waals surface area contributed by atoms with Crippen molar-refractivity contribution in [2.75, 3.05) is 11.4 Å². The maximum atomic E-state index is 4.68. The first kappa shape index (κ1) is 13.1. The van der Waals surface area contributed by atoms with Crippen LogP contribution in [0.3, 0.4) is 0 Å². The van der Waals surface area contributed by atoms with Gasteiger partial charge in [-0.05, 0) is 48.4 Å². The molecule has 0 fully saturated rings. The fourth-order valence-electron chi connectivity index (χ4n) is 2.80. The van der Waals surface area contributed by atoms with Crippen LogP contribution < -0.4 is 4.90 Å². The van der Waals surface area contributed by atoms with Crippen molar-refractivity contribution in [1.29, 1.82) is 0 Å². The van der Waals surface area contributed by atoms with E-state index in [1.807, 2.05) is 17.5 Å². The summed E-state index contributed by atoms with van der Waals surface area (Å²) >= 11 is 5.37. The van der Waals surface area contributed by atoms with Crippen LogP contribution in [0.15, 0.2) is 23.7 Å². The molecule has 0 radical (unpaired) electrons. The highest BCUT2D eigenvalue weighted by Crippen LogP contribution is 2.36. The molecule has 1 atom stereocenters. The summed E-state index contributed by atoms with van der Waals surface area (Å²) in [5.41, 5.74) is 3.98. The summed E-state index contributed by atoms with van der Waals surface area (Å²) in [6, 6.07) is 4.92. The summed E-state index contributed by atoms with van der Waals surface area (Å²) in [4.78, 5) is 8.65. The van der Waals surface area contributed by atoms with Gasteiger partial charge >= 0.3 is 0 Å². The minimum Gasteiger partial charge on any atom is -0.349 e. The lowest BCUT2D eigenvalue weighted by Crippen LogP contribution is -2.34. The quantitative estimate of drug-likeness (QED) is 0.752. The fraction of sp³-hybridized carbons (Fsp3) is 0.400. The van der Waals surface area contributed by atoms with Crippen LogP contribution in [0.1, 0.15) is 34.5 Å². The molecule has 1 aliphatic heterocycles. The maximum Gasteiger partial charge on any atom is 0.131 e. The van der Waals surface area contributed by atoms with Gasteiger partial charge in [-0.3, -0.25) is 0 Å². The van der Waals surface area contributed by atoms with Gasteiger partial charge in [0.1, 0.15) is 5.82 Å². The van der Waals surface area contributed by atoms with E-state index in [-0.39, 0.29) is 0 Å². The van der Waals surface area contributed by atoms with Gasteiger partial charge in [-0.15, -0.1) is 11.3 Å². The Hall–Kier alpha value is -0.870. The SMILES string of the molecule is Cc1cc(CBr)cnc1N1CCc2sccc2C1C. The number of aromatic nitrogens is 1. The number of hydrogen-bond donors (Lipinski definition) is 0. The zero-order valence-corrected chi connectivity index (χ0v) is 13.6. The zero-order valence-electron chi connectivity index (χ0n) is 11.2. The lowest BCUT2D eigenvalue weighted by Gasteiger charge is -2.35. The third-order valence-electron chi connectivity index (χ3n) is 3.81. The van der Waals surface area contributed by atoms with Crippen LogP contribution in [0.4, 0.5) is 5.82 Å². The van der Waals surface area contributed by atoms with E-state index >= 15 is 0 Å². The lowest BCUT2D eigenvalue weighted by atomic mass is 10.0. The third-order valence-corrected chi connectivity index (χ3v) is 5.45. The number of nitrogens with zero attached hydrogens (tertiary/aromatic N) is 2. The van der Waals surface area contributed by atoms with Crippen molar-refractivity contribution in [3.63, 3.8) is 0 Å². The van der Waals surface area contributed by atoms with Gasteiger partial charge in [0.15, 0.2) is 0 Å². The van der Waals surface area contributed by atoms with Crippen LogP contribution in [-0.4, -0.2) is 11.5 Å². The molecule has 4 heteroatoms. The Morgan fingerprint density at radius 3 is 3.11 bits per heavy atom. The van der Waals surface area contributed by atoms with Crippen LogP contribution >= 0.6 is 27.3 Å². The number of fused-ring (bicyclic) bond motifs is 1. The molecule has 0 aliphatic carbocycles. The number of anilines is 1. The molecule has 3 heterocycles. The smallest absolute Gasteiger partial charge is 0.131 e. The van der Waals surface area contributed by atoms with Gasteiger partial charge in [-0.25, -0.2) is 4.98 Å². The summed E-state index contributed by atoms with van der Waals surface area (Å²) < 4.78 is 0. The highest BCUT2D eigenvalue weighted by atomic mass is 79.9. The van der Waals surface area contributed by atoms with Crippen LogP contribution in [0.2, 0.25) is 0 Å². The first-order valence-corrected chi connectivity index (χ1v) is 8.55. The molecule has 2 aromatic heterocycles. The van der Waals surface area contributed by atoms with Crippen molar-refractivity contribution in [1.82, 2.24) is 4.98 Å². The lowest BCUT2D eigenvalue weighted by molar-refractivity contribution is 0.623. The second-order valence-electron chi connectivity index (χ2n) is 5.04. The van der Waals surface area contributed by atoms with Crippen molar-refractivity contribution >= 4 is 33.1 Å². The molecule has 0 bridgehead atoms. The Kier molecular flexibility index (Phi) is 3.63. The molecule has 0 aromatic carbocycles. The Morgan fingerprint density at radius 2 is 2.37 bits per heavy atom. The second kappa shape index (κ2) is 5.25. The molecule has 3 rings (SSSR count). The van der Waals surface area contributed by atoms with Crippen LogP contribution in [0.5, 0.6) is 0 Å². The highest BCUT2D eigenvalue weighted by molar-refractivity contribution is 9.08. The summed E-state index contributed by atoms with van der Waals surface area (Å²) in [6.45, 7) is 5.50. The predicted octanol–water partition coefficient (Wildman–Crippen LogP) is 4.47. The van der Waals surface area contributed by atoms with Crippen LogP contribution in [0.25, 0.3) is 0 Å². The van der Waals surface area contributed by atoms with E-state index < -0.39 is 0 Å². The summed E-state index contributed by atoms with van der Waals surface area (Å²) in [5.74, 6) is 1.13. The molecular weight excluding hydrogens is 320 g/mol. The van der Waals surface area contributed by atoms with E-state index in [9.17, 15) is 0 Å². The molecule has 0 spiro atoms. The molecular formula is C15H17BrN2S. The number of pyridine rings is 1. The first-order valence-electron chi connectivity index (χ1n) is 6.55. The van der Waals surface area contributed by atoms with E-state index in [1.165, 1.54) is 16.7 Å². The zero-order chi connectivity index (χ0) is 13.4. The molecule has 2 aromatic rings. The van der Waals surface area contributed by atoms with Crippen molar-refractivity contribution in [3.05, 3.63) is 45.3 Å². The average molecular weight is 337 g/mol. The molecule has 2 nitrogen and oxygen atoms in total. The monoisotopic (exact) mass is 336 g/mol. The minimum atomic E-state index is 0.427. The number of halogens is 1. The standard InChI is InChI=1S/C15H17BrN2S/c1-10-7-12(8-16)9-17-15(10)18-5-3-14-13(11(18)2)4-6-19-14/h4,6-7,9,11H,3,5,8H2,1-2H3. The Labute approximate surface area is 126 Å². The van der Waals surface area contributed by atoms with Crippen molar-refractivity contribution < 1.29 is 0 Å². The van der Waals surface area contributed by atoms with Gasteiger partial charge in [0.05, 0.1) is 6.04 Å². The molecule has 0 amide bonds. The van der Waals surface area contributed by atoms with E-state index in [0.29, 0.717) is 6.04 Å². The number of hydrogen-bond acceptors (Lipinski definition) is 3. The van der Waals surface area contributed by atoms with E-state index in [1.54, 1.807) is 4.88 Å². The van der Waals surface area contributed by atoms with Crippen LogP contribution in [0, 0.1) is 6.92 Å². The van der Waals surface area contributed by atoms with Gasteiger partial charge in [-0.2, -0.15) is 0 Å². The Morgan fingerprint density at radius 1 is 1.53 bits per heavy atom. The number of rotatable bonds is 2. The normalized spacial score (nSPS) is 18.5. The maximum absolute atomic E-state index is 4.68. The van der Waals surface area contributed by atoms with Crippen LogP contribution in [-0.2, 0) is 11.8 Å². The van der Waals surface area contributed by atoms with Gasteiger partial charge in [0.2, 0.25) is 0 Å². The minimum absolute atomic E-state index is 0.427. The van der Waals surface area contributed by atoms with E-state index in [2.05, 4.69) is 57.2 Å². The molecule has 0 saturated heterocycles. The van der Waals surface area contributed by atoms with Gasteiger partial charge in [0.25, 0.3) is 0 Å². The van der Waals surface area contributed by atoms with Gasteiger partial charge in [-0.1, -0.05) is 22.0 Å². The molecule has 1 aliphatic rings. The second-order valence-corrected chi connectivity index (χ2v) is 6.60. The number of alkyl halides is 1. The molecule has 1 unspecified atom stereocenters. The fourth-order valence-corrected chi connectivity index (χ4v) is 4.07. The summed E-state index contributed by atoms with van der Waals surface area (Å²) in [7, 11) is 0. The molecule has 100 valence electrons. The Bertz CT molecular complexity index is 594. The summed E-state index contributed by atoms with van der Waals surface area (Å²) in [6.07, 6.45) is 3.12. The number of aryl methyl sites for hydroxylation is 1. The van der Waals surface area contributed by atoms with Gasteiger partial charge in [0, 0.05) is 22.9 Å². The van der Waals surface area contributed by atoms with Crippen molar-refractivity contribution in [2.24, 2.45) is 0 Å². The van der Waals surface area contributed by atoms with Crippen molar-refractivity contribution in [3.8, 4) is 0 Å². The molecule has 0 saturated carbocycles. The topological polar surface area (TPSA) is 16.1 Å². The largest absolute Gasteiger partial charge is 0.349 e. The van der Waals surface area contributed by atoms with Crippen molar-refractivity contribution in [2.45, 2.75) is 31.6 Å². The predicted molar refractivity (Wildman–Crippen MR) is 85.4 cm³/mol. The van der Waals surface area contributed by atoms with E-state index in [0.717, 1.165) is 24.1 Å². The average Bonchev–Trinajstić information content (AvgIpc) is 2.89. The van der Waals surface area contributed by atoms with E-state index in [4.69, 9.17) is 0 Å². The first-order chi connectivity index (χ1) is 9.20. The van der Waals surface area contributed by atoms with Gasteiger partial charge < -0.3 is 4.90 Å². The molecule has 0 N–H and O–H groups in total. The molecule has 19 heavy (non-hydrogen) atoms. The summed E-state index contributed by atoms with van der Waals surface area (Å²) in [5, 5.41) is 3.07. The highest BCUT2D eigenvalue weighted by Gasteiger charge is 2.26. The number of thiophene rings is 1. The Balaban J connectivity index is 1.95.